The number of aromatic nitrogens is 2. The van der Waals surface area contributed by atoms with Crippen molar-refractivity contribution in [2.75, 3.05) is 37.7 Å². The lowest BCUT2D eigenvalue weighted by molar-refractivity contribution is -0.367. The number of sulfonamides is 1. The van der Waals surface area contributed by atoms with Crippen LogP contribution in [-0.2, 0) is 14.8 Å². The number of morpholine rings is 1. The van der Waals surface area contributed by atoms with Gasteiger partial charge in [-0.1, -0.05) is 12.1 Å². The number of hydrogen-bond acceptors (Lipinski definition) is 6. The van der Waals surface area contributed by atoms with Crippen molar-refractivity contribution in [1.82, 2.24) is 9.29 Å². The Morgan fingerprint density at radius 2 is 1.93 bits per heavy atom. The van der Waals surface area contributed by atoms with Crippen LogP contribution in [0.4, 0.5) is 5.82 Å². The molecule has 0 saturated carbocycles. The van der Waals surface area contributed by atoms with E-state index in [4.69, 9.17) is 9.72 Å². The van der Waals surface area contributed by atoms with Crippen molar-refractivity contribution in [1.29, 1.82) is 0 Å². The van der Waals surface area contributed by atoms with E-state index in [1.165, 1.54) is 9.01 Å². The number of rotatable bonds is 4. The molecule has 0 spiro atoms. The smallest absolute Gasteiger partial charge is 0.274 e. The van der Waals surface area contributed by atoms with Gasteiger partial charge in [-0.05, 0) is 31.0 Å². The lowest BCUT2D eigenvalue weighted by Crippen LogP contribution is -2.41. The summed E-state index contributed by atoms with van der Waals surface area (Å²) in [5.74, 6) is 0.924. The predicted octanol–water partition coefficient (Wildman–Crippen LogP) is 2.47. The first kappa shape index (κ1) is 18.9. The highest BCUT2D eigenvalue weighted by atomic mass is 32.2. The van der Waals surface area contributed by atoms with Gasteiger partial charge in [0, 0.05) is 19.2 Å². The lowest BCUT2D eigenvalue weighted by Gasteiger charge is -2.25. The second kappa shape index (κ2) is 7.64. The minimum atomic E-state index is -3.49. The van der Waals surface area contributed by atoms with Crippen molar-refractivity contribution in [3.05, 3.63) is 47.6 Å². The second-order valence-corrected chi connectivity index (χ2v) is 10.3. The molecule has 2 saturated heterocycles. The van der Waals surface area contributed by atoms with Crippen LogP contribution < -0.4 is 9.88 Å². The van der Waals surface area contributed by atoms with Crippen LogP contribution in [0.25, 0.3) is 10.2 Å². The fourth-order valence-corrected chi connectivity index (χ4v) is 6.51. The van der Waals surface area contributed by atoms with Gasteiger partial charge in [0.1, 0.15) is 22.1 Å². The average molecular weight is 432 g/mol. The summed E-state index contributed by atoms with van der Waals surface area (Å²) >= 11 is 1.74. The van der Waals surface area contributed by atoms with Gasteiger partial charge < -0.3 is 4.74 Å². The molecule has 9 heteroatoms. The number of pyridine rings is 1. The van der Waals surface area contributed by atoms with E-state index in [9.17, 15) is 8.42 Å². The maximum Gasteiger partial charge on any atom is 0.274 e. The fraction of sp³-hybridized carbons (Fsp3) is 0.400. The molecule has 2 fully saturated rings. The number of ether oxygens (including phenoxy) is 1. The zero-order valence-corrected chi connectivity index (χ0v) is 17.6. The van der Waals surface area contributed by atoms with Crippen LogP contribution in [0, 0.1) is 0 Å². The molecule has 29 heavy (non-hydrogen) atoms. The van der Waals surface area contributed by atoms with Crippen molar-refractivity contribution >= 4 is 37.4 Å². The number of anilines is 1. The highest BCUT2D eigenvalue weighted by Gasteiger charge is 2.36. The van der Waals surface area contributed by atoms with Crippen LogP contribution >= 0.6 is 11.3 Å². The molecular weight excluding hydrogens is 408 g/mol. The summed E-state index contributed by atoms with van der Waals surface area (Å²) in [5.41, 5.74) is 1.04. The number of para-hydroxylation sites is 1. The number of H-pyrrole nitrogens is 1. The summed E-state index contributed by atoms with van der Waals surface area (Å²) in [4.78, 5) is 10.6. The van der Waals surface area contributed by atoms with Gasteiger partial charge in [0.15, 0.2) is 0 Å². The summed E-state index contributed by atoms with van der Waals surface area (Å²) in [6.07, 6.45) is 3.73. The van der Waals surface area contributed by atoms with E-state index in [0.29, 0.717) is 31.2 Å². The molecule has 3 aromatic rings. The average Bonchev–Trinajstić information content (AvgIpc) is 3.41. The molecule has 2 aliphatic heterocycles. The maximum absolute atomic E-state index is 12.8. The highest BCUT2D eigenvalue weighted by Crippen LogP contribution is 2.38. The van der Waals surface area contributed by atoms with Gasteiger partial charge in [0.2, 0.25) is 10.0 Å². The number of fused-ring (bicyclic) bond motifs is 1. The summed E-state index contributed by atoms with van der Waals surface area (Å²) < 4.78 is 33.6. The Hall–Kier alpha value is -2.07. The van der Waals surface area contributed by atoms with E-state index < -0.39 is 10.0 Å². The van der Waals surface area contributed by atoms with Crippen molar-refractivity contribution < 1.29 is 18.1 Å². The molecule has 1 N–H and O–H groups in total. The monoisotopic (exact) mass is 431 g/mol. The van der Waals surface area contributed by atoms with Crippen molar-refractivity contribution in [2.24, 2.45) is 0 Å². The van der Waals surface area contributed by atoms with Crippen LogP contribution in [-0.4, -0.2) is 50.6 Å². The Kier molecular flexibility index (Phi) is 4.99. The maximum atomic E-state index is 12.8. The molecule has 1 aromatic carbocycles. The van der Waals surface area contributed by atoms with E-state index in [1.807, 2.05) is 24.3 Å². The first-order valence-corrected chi connectivity index (χ1v) is 12.1. The Balaban J connectivity index is 1.40. The van der Waals surface area contributed by atoms with Crippen molar-refractivity contribution in [3.8, 4) is 0 Å². The van der Waals surface area contributed by atoms with Gasteiger partial charge >= 0.3 is 0 Å². The van der Waals surface area contributed by atoms with Crippen LogP contribution in [0.5, 0.6) is 0 Å². The number of nitrogens with zero attached hydrogens (tertiary/aromatic N) is 3. The Morgan fingerprint density at radius 3 is 2.69 bits per heavy atom. The molecule has 0 aliphatic carbocycles. The fourth-order valence-electron chi connectivity index (χ4n) is 4.02. The largest absolute Gasteiger partial charge is 0.379 e. The summed E-state index contributed by atoms with van der Waals surface area (Å²) in [6.45, 7) is 2.61. The van der Waals surface area contributed by atoms with Crippen LogP contribution in [0.2, 0.25) is 0 Å². The third kappa shape index (κ3) is 3.52. The Morgan fingerprint density at radius 1 is 1.10 bits per heavy atom. The number of nitrogens with one attached hydrogen (secondary N) is 1. The minimum absolute atomic E-state index is 0.213. The van der Waals surface area contributed by atoms with Crippen molar-refractivity contribution in [2.45, 2.75) is 23.8 Å². The third-order valence-electron chi connectivity index (χ3n) is 5.53. The second-order valence-electron chi connectivity index (χ2n) is 7.30. The minimum Gasteiger partial charge on any atom is -0.379 e. The van der Waals surface area contributed by atoms with Gasteiger partial charge in [0.05, 0.1) is 30.0 Å². The van der Waals surface area contributed by atoms with Gasteiger partial charge in [0.25, 0.3) is 5.82 Å². The van der Waals surface area contributed by atoms with Crippen LogP contribution in [0.3, 0.4) is 0 Å². The molecule has 0 bridgehead atoms. The molecular formula is C20H23N4O3S2+. The van der Waals surface area contributed by atoms with Gasteiger partial charge in [-0.25, -0.2) is 18.4 Å². The number of hydrogen-bond donors (Lipinski definition) is 0. The molecule has 0 radical (unpaired) electrons. The normalized spacial score (nSPS) is 21.1. The SMILES string of the molecule is O=S(=O)(c1ccc(N2CCC[C@H]2c2nc3ccccc3s2)[nH+]c1)N1CCOCC1. The summed E-state index contributed by atoms with van der Waals surface area (Å²) in [7, 11) is -3.49. The first-order valence-electron chi connectivity index (χ1n) is 9.85. The van der Waals surface area contributed by atoms with E-state index in [-0.39, 0.29) is 6.04 Å². The Bertz CT molecular complexity index is 1080. The molecule has 5 rings (SSSR count). The van der Waals surface area contributed by atoms with E-state index in [0.717, 1.165) is 35.7 Å². The van der Waals surface area contributed by atoms with E-state index in [1.54, 1.807) is 23.6 Å². The molecule has 2 aromatic heterocycles. The molecule has 0 unspecified atom stereocenters. The quantitative estimate of drug-likeness (QED) is 0.634. The molecule has 7 nitrogen and oxygen atoms in total. The van der Waals surface area contributed by atoms with Gasteiger partial charge in [-0.3, -0.25) is 4.90 Å². The number of thiazole rings is 1. The molecule has 1 atom stereocenters. The topological polar surface area (TPSA) is 76.9 Å². The molecule has 0 amide bonds. The van der Waals surface area contributed by atoms with Gasteiger partial charge in [-0.2, -0.15) is 4.31 Å². The van der Waals surface area contributed by atoms with Crippen LogP contribution in [0.1, 0.15) is 23.9 Å². The van der Waals surface area contributed by atoms with Crippen molar-refractivity contribution in [3.63, 3.8) is 0 Å². The zero-order chi connectivity index (χ0) is 19.8. The van der Waals surface area contributed by atoms with Crippen LogP contribution in [0.15, 0.2) is 47.5 Å². The highest BCUT2D eigenvalue weighted by molar-refractivity contribution is 7.89. The lowest BCUT2D eigenvalue weighted by atomic mass is 10.2. The van der Waals surface area contributed by atoms with E-state index in [2.05, 4.69) is 16.0 Å². The summed E-state index contributed by atoms with van der Waals surface area (Å²) in [6, 6.07) is 12.0. The number of aromatic amines is 1. The molecule has 2 aliphatic rings. The summed E-state index contributed by atoms with van der Waals surface area (Å²) in [5, 5.41) is 1.11. The standard InChI is InChI=1S/C20H22N4O3S2/c25-29(26,23-10-12-27-13-11-23)15-7-8-19(21-14-15)24-9-3-5-17(24)20-22-16-4-1-2-6-18(16)28-20/h1-2,4,6-8,14,17H,3,5,9-13H2/p+1/t17-/m0/s1. The number of benzene rings is 1. The predicted molar refractivity (Wildman–Crippen MR) is 112 cm³/mol. The molecule has 152 valence electrons. The van der Waals surface area contributed by atoms with E-state index >= 15 is 0 Å². The third-order valence-corrected chi connectivity index (χ3v) is 8.57. The molecule has 4 heterocycles. The first-order chi connectivity index (χ1) is 14.1. The Labute approximate surface area is 174 Å². The van der Waals surface area contributed by atoms with Gasteiger partial charge in [-0.15, -0.1) is 11.3 Å². The zero-order valence-electron chi connectivity index (χ0n) is 16.0.